The van der Waals surface area contributed by atoms with Crippen LogP contribution in [-0.4, -0.2) is 91.5 Å². The fourth-order valence-electron chi connectivity index (χ4n) is 5.75. The lowest BCUT2D eigenvalue weighted by atomic mass is 10.0. The number of methoxy groups -OCH3 is 1. The number of fused-ring (bicyclic) bond motifs is 1. The van der Waals surface area contributed by atoms with E-state index in [-0.39, 0.29) is 17.9 Å². The van der Waals surface area contributed by atoms with Crippen molar-refractivity contribution < 1.29 is 14.3 Å². The molecule has 1 aromatic heterocycles. The molecule has 1 saturated heterocycles. The van der Waals surface area contributed by atoms with Gasteiger partial charge in [0, 0.05) is 68.1 Å². The van der Waals surface area contributed by atoms with Crippen molar-refractivity contribution in [3.63, 3.8) is 0 Å². The molecule has 0 spiro atoms. The maximum atomic E-state index is 13.8. The molecule has 45 heavy (non-hydrogen) atoms. The number of amides is 2. The van der Waals surface area contributed by atoms with Crippen LogP contribution in [0.5, 0.6) is 5.75 Å². The first-order valence-corrected chi connectivity index (χ1v) is 15.7. The number of aromatic nitrogens is 1. The second kappa shape index (κ2) is 15.0. The van der Waals surface area contributed by atoms with E-state index in [1.165, 1.54) is 5.56 Å². The standard InChI is InChI=1S/C36H44N6O3/c1-5-42(23-22-40(2)3)36(44)31-24-37-34-30(12-9-13-32(34)45-4)33(31)38-28-16-14-27(15-17-28)35(43)39-29-18-20-41(21-19-29)25-26-10-7-6-8-11-26/h6-17,24,29H,5,18-23,25H2,1-4H3,(H,37,38)(H,39,43). The van der Waals surface area contributed by atoms with Gasteiger partial charge in [-0.05, 0) is 69.8 Å². The molecule has 1 aliphatic rings. The molecule has 9 heteroatoms. The van der Waals surface area contributed by atoms with E-state index < -0.39 is 0 Å². The van der Waals surface area contributed by atoms with Crippen molar-refractivity contribution in [2.45, 2.75) is 32.4 Å². The van der Waals surface area contributed by atoms with Gasteiger partial charge in [-0.25, -0.2) is 0 Å². The summed E-state index contributed by atoms with van der Waals surface area (Å²) in [5.74, 6) is 0.467. The molecule has 236 valence electrons. The van der Waals surface area contributed by atoms with E-state index in [1.807, 2.05) is 74.4 Å². The summed E-state index contributed by atoms with van der Waals surface area (Å²) in [5, 5.41) is 7.48. The van der Waals surface area contributed by atoms with Crippen LogP contribution in [0.4, 0.5) is 11.4 Å². The van der Waals surface area contributed by atoms with Crippen LogP contribution in [0.15, 0.2) is 79.0 Å². The van der Waals surface area contributed by atoms with E-state index in [0.717, 1.165) is 50.1 Å². The zero-order chi connectivity index (χ0) is 31.8. The molecule has 2 amide bonds. The highest BCUT2D eigenvalue weighted by Gasteiger charge is 2.23. The number of nitrogens with one attached hydrogen (secondary N) is 2. The van der Waals surface area contributed by atoms with Crippen LogP contribution in [-0.2, 0) is 6.54 Å². The van der Waals surface area contributed by atoms with E-state index in [0.29, 0.717) is 41.2 Å². The van der Waals surface area contributed by atoms with Crippen LogP contribution >= 0.6 is 0 Å². The van der Waals surface area contributed by atoms with Crippen molar-refractivity contribution in [3.8, 4) is 5.75 Å². The van der Waals surface area contributed by atoms with Crippen LogP contribution in [0.2, 0.25) is 0 Å². The Balaban J connectivity index is 1.29. The van der Waals surface area contributed by atoms with Gasteiger partial charge in [-0.2, -0.15) is 0 Å². The lowest BCUT2D eigenvalue weighted by molar-refractivity contribution is 0.0754. The van der Waals surface area contributed by atoms with E-state index in [2.05, 4.69) is 49.7 Å². The number of likely N-dealkylation sites (tertiary alicyclic amines) is 1. The fourth-order valence-corrected chi connectivity index (χ4v) is 5.75. The van der Waals surface area contributed by atoms with Crippen LogP contribution in [0, 0.1) is 0 Å². The zero-order valence-corrected chi connectivity index (χ0v) is 26.8. The molecule has 1 aliphatic heterocycles. The molecule has 0 radical (unpaired) electrons. The molecule has 0 bridgehead atoms. The average Bonchev–Trinajstić information content (AvgIpc) is 3.06. The Morgan fingerprint density at radius 3 is 2.36 bits per heavy atom. The van der Waals surface area contributed by atoms with Crippen LogP contribution in [0.1, 0.15) is 46.0 Å². The molecular weight excluding hydrogens is 564 g/mol. The summed E-state index contributed by atoms with van der Waals surface area (Å²) in [6.45, 7) is 6.78. The molecular formula is C36H44N6O3. The number of benzene rings is 3. The molecule has 3 aromatic carbocycles. The molecule has 5 rings (SSSR count). The number of hydrogen-bond donors (Lipinski definition) is 2. The Hall–Kier alpha value is -4.47. The van der Waals surface area contributed by atoms with E-state index in [4.69, 9.17) is 4.74 Å². The number of rotatable bonds is 12. The topological polar surface area (TPSA) is 90.0 Å². The van der Waals surface area contributed by atoms with Crippen LogP contribution < -0.4 is 15.4 Å². The van der Waals surface area contributed by atoms with Crippen molar-refractivity contribution in [1.82, 2.24) is 25.0 Å². The van der Waals surface area contributed by atoms with Gasteiger partial charge in [0.05, 0.1) is 18.4 Å². The molecule has 0 aliphatic carbocycles. The minimum absolute atomic E-state index is 0.0718. The maximum absolute atomic E-state index is 13.8. The smallest absolute Gasteiger partial charge is 0.257 e. The Bertz CT molecular complexity index is 1580. The Morgan fingerprint density at radius 2 is 1.69 bits per heavy atom. The lowest BCUT2D eigenvalue weighted by Gasteiger charge is -2.32. The highest BCUT2D eigenvalue weighted by atomic mass is 16.5. The van der Waals surface area contributed by atoms with Crippen molar-refractivity contribution in [1.29, 1.82) is 0 Å². The zero-order valence-electron chi connectivity index (χ0n) is 26.8. The lowest BCUT2D eigenvalue weighted by Crippen LogP contribution is -2.44. The molecule has 2 heterocycles. The van der Waals surface area contributed by atoms with E-state index in [9.17, 15) is 9.59 Å². The van der Waals surface area contributed by atoms with Gasteiger partial charge in [-0.15, -0.1) is 0 Å². The van der Waals surface area contributed by atoms with Crippen molar-refractivity contribution >= 4 is 34.1 Å². The first kappa shape index (κ1) is 31.9. The van der Waals surface area contributed by atoms with Gasteiger partial charge in [-0.1, -0.05) is 42.5 Å². The van der Waals surface area contributed by atoms with Gasteiger partial charge in [0.15, 0.2) is 0 Å². The third kappa shape index (κ3) is 7.98. The quantitative estimate of drug-likeness (QED) is 0.223. The van der Waals surface area contributed by atoms with Gasteiger partial charge >= 0.3 is 0 Å². The number of hydrogen-bond acceptors (Lipinski definition) is 7. The van der Waals surface area contributed by atoms with Crippen molar-refractivity contribution in [2.24, 2.45) is 0 Å². The first-order chi connectivity index (χ1) is 21.9. The third-order valence-corrected chi connectivity index (χ3v) is 8.39. The second-order valence-electron chi connectivity index (χ2n) is 11.8. The number of anilines is 2. The summed E-state index contributed by atoms with van der Waals surface area (Å²) in [4.78, 5) is 37.9. The maximum Gasteiger partial charge on any atom is 0.257 e. The molecule has 2 N–H and O–H groups in total. The predicted molar refractivity (Wildman–Crippen MR) is 180 cm³/mol. The first-order valence-electron chi connectivity index (χ1n) is 15.7. The number of pyridine rings is 1. The minimum atomic E-state index is -0.0927. The number of carbonyl (C=O) groups is 2. The van der Waals surface area contributed by atoms with Gasteiger partial charge in [-0.3, -0.25) is 19.5 Å². The molecule has 9 nitrogen and oxygen atoms in total. The number of piperidine rings is 1. The SMILES string of the molecule is CCN(CCN(C)C)C(=O)c1cnc2c(OC)cccc2c1Nc1ccc(C(=O)NC2CCN(Cc3ccccc3)CC2)cc1. The highest BCUT2D eigenvalue weighted by molar-refractivity contribution is 6.09. The minimum Gasteiger partial charge on any atom is -0.494 e. The highest BCUT2D eigenvalue weighted by Crippen LogP contribution is 2.34. The van der Waals surface area contributed by atoms with E-state index >= 15 is 0 Å². The Morgan fingerprint density at radius 1 is 0.956 bits per heavy atom. The number of para-hydroxylation sites is 1. The van der Waals surface area contributed by atoms with Crippen molar-refractivity contribution in [2.75, 3.05) is 59.2 Å². The average molecular weight is 609 g/mol. The molecule has 0 atom stereocenters. The van der Waals surface area contributed by atoms with Gasteiger partial charge < -0.3 is 25.2 Å². The van der Waals surface area contributed by atoms with Gasteiger partial charge in [0.25, 0.3) is 11.8 Å². The predicted octanol–water partition coefficient (Wildman–Crippen LogP) is 5.41. The number of ether oxygens (including phenoxy) is 1. The monoisotopic (exact) mass is 608 g/mol. The Labute approximate surface area is 266 Å². The summed E-state index contributed by atoms with van der Waals surface area (Å²) in [7, 11) is 5.60. The normalized spacial score (nSPS) is 14.0. The third-order valence-electron chi connectivity index (χ3n) is 8.39. The fraction of sp³-hybridized carbons (Fsp3) is 0.361. The van der Waals surface area contributed by atoms with Crippen molar-refractivity contribution in [3.05, 3.63) is 95.7 Å². The number of likely N-dealkylation sites (N-methyl/N-ethyl adjacent to an activating group) is 2. The number of carbonyl (C=O) groups excluding carboxylic acids is 2. The second-order valence-corrected chi connectivity index (χ2v) is 11.8. The van der Waals surface area contributed by atoms with Gasteiger partial charge in [0.2, 0.25) is 0 Å². The molecule has 4 aromatic rings. The molecule has 0 unspecified atom stereocenters. The summed E-state index contributed by atoms with van der Waals surface area (Å²) in [6.07, 6.45) is 3.48. The number of nitrogens with zero attached hydrogens (tertiary/aromatic N) is 4. The summed E-state index contributed by atoms with van der Waals surface area (Å²) in [6, 6.07) is 23.8. The van der Waals surface area contributed by atoms with Crippen LogP contribution in [0.25, 0.3) is 10.9 Å². The Kier molecular flexibility index (Phi) is 10.7. The largest absolute Gasteiger partial charge is 0.494 e. The van der Waals surface area contributed by atoms with Crippen LogP contribution in [0.3, 0.4) is 0 Å². The van der Waals surface area contributed by atoms with E-state index in [1.54, 1.807) is 13.3 Å². The van der Waals surface area contributed by atoms with Gasteiger partial charge in [0.1, 0.15) is 11.3 Å². The molecule has 1 fully saturated rings. The summed E-state index contributed by atoms with van der Waals surface area (Å²) < 4.78 is 5.57. The summed E-state index contributed by atoms with van der Waals surface area (Å²) >= 11 is 0. The summed E-state index contributed by atoms with van der Waals surface area (Å²) in [5.41, 5.74) is 4.49. The molecule has 0 saturated carbocycles.